The van der Waals surface area contributed by atoms with E-state index in [1.807, 2.05) is 47.4 Å². The Morgan fingerprint density at radius 2 is 1.80 bits per heavy atom. The second-order valence-electron chi connectivity index (χ2n) is 7.28. The van der Waals surface area contributed by atoms with Gasteiger partial charge in [-0.25, -0.2) is 0 Å². The van der Waals surface area contributed by atoms with Crippen LogP contribution in [-0.2, 0) is 17.9 Å². The van der Waals surface area contributed by atoms with Crippen LogP contribution in [0.5, 0.6) is 0 Å². The molecule has 1 atom stereocenters. The Labute approximate surface area is 195 Å². The van der Waals surface area contributed by atoms with Gasteiger partial charge in [-0.05, 0) is 23.1 Å². The Hall–Kier alpha value is -2.13. The Kier molecular flexibility index (Phi) is 10.1. The summed E-state index contributed by atoms with van der Waals surface area (Å²) >= 11 is 0. The molecule has 6 nitrogen and oxygen atoms in total. The van der Waals surface area contributed by atoms with E-state index in [-0.39, 0.29) is 42.4 Å². The Balaban J connectivity index is 0.00000320. The van der Waals surface area contributed by atoms with E-state index in [1.54, 1.807) is 7.05 Å². The molecule has 0 radical (unpaired) electrons. The molecule has 1 fully saturated rings. The fraction of sp³-hybridized carbons (Fsp3) is 0.391. The highest BCUT2D eigenvalue weighted by atomic mass is 127. The molecule has 0 saturated carbocycles. The number of hydrogen-bond acceptors (Lipinski definition) is 3. The van der Waals surface area contributed by atoms with E-state index in [0.717, 1.165) is 29.7 Å². The number of amides is 1. The highest BCUT2D eigenvalue weighted by molar-refractivity contribution is 14.0. The molecule has 1 amide bonds. The molecule has 162 valence electrons. The Morgan fingerprint density at radius 3 is 2.43 bits per heavy atom. The number of likely N-dealkylation sites (tertiary alicyclic amines) is 1. The first kappa shape index (κ1) is 24.1. The Bertz CT molecular complexity index is 829. The number of guanidine groups is 1. The van der Waals surface area contributed by atoms with E-state index >= 15 is 0 Å². The highest BCUT2D eigenvalue weighted by Crippen LogP contribution is 2.17. The molecular weight excluding hydrogens is 491 g/mol. The van der Waals surface area contributed by atoms with Gasteiger partial charge in [0.1, 0.15) is 0 Å². The summed E-state index contributed by atoms with van der Waals surface area (Å²) in [5, 5.41) is 16.4. The lowest BCUT2D eigenvalue weighted by Gasteiger charge is -2.20. The minimum Gasteiger partial charge on any atom is -0.396 e. The second kappa shape index (κ2) is 12.5. The van der Waals surface area contributed by atoms with E-state index < -0.39 is 0 Å². The number of aliphatic hydroxyl groups is 1. The van der Waals surface area contributed by atoms with Crippen LogP contribution >= 0.6 is 24.0 Å². The summed E-state index contributed by atoms with van der Waals surface area (Å²) in [6, 6.07) is 18.2. The average molecular weight is 522 g/mol. The first-order valence-corrected chi connectivity index (χ1v) is 10.2. The van der Waals surface area contributed by atoms with Gasteiger partial charge in [-0.15, -0.1) is 24.0 Å². The minimum atomic E-state index is 0. The van der Waals surface area contributed by atoms with Crippen molar-refractivity contribution in [3.8, 4) is 0 Å². The fourth-order valence-corrected chi connectivity index (χ4v) is 3.59. The van der Waals surface area contributed by atoms with Crippen molar-refractivity contribution in [2.24, 2.45) is 4.99 Å². The van der Waals surface area contributed by atoms with Crippen molar-refractivity contribution in [2.75, 3.05) is 26.7 Å². The van der Waals surface area contributed by atoms with Crippen molar-refractivity contribution in [1.82, 2.24) is 15.5 Å². The molecule has 1 heterocycles. The Morgan fingerprint density at radius 1 is 1.10 bits per heavy atom. The topological polar surface area (TPSA) is 77.0 Å². The molecule has 0 aliphatic carbocycles. The van der Waals surface area contributed by atoms with E-state index in [0.29, 0.717) is 32.0 Å². The van der Waals surface area contributed by atoms with Crippen molar-refractivity contribution in [1.29, 1.82) is 0 Å². The molecule has 1 aliphatic heterocycles. The van der Waals surface area contributed by atoms with E-state index in [2.05, 4.69) is 27.8 Å². The third kappa shape index (κ3) is 6.70. The van der Waals surface area contributed by atoms with E-state index in [1.165, 1.54) is 0 Å². The standard InChI is InChI=1S/C23H30N4O2.HI/c1-24-23(26-15-21(17-28)18-8-3-2-4-9-18)25-14-19-10-5-6-11-20(19)16-27-13-7-12-22(27)29;/h2-6,8-11,21,28H,7,12-17H2,1H3,(H2,24,25,26);1H. The lowest BCUT2D eigenvalue weighted by atomic mass is 10.0. The van der Waals surface area contributed by atoms with Crippen molar-refractivity contribution in [2.45, 2.75) is 31.8 Å². The molecule has 0 bridgehead atoms. The predicted molar refractivity (Wildman–Crippen MR) is 131 cm³/mol. The summed E-state index contributed by atoms with van der Waals surface area (Å²) in [6.45, 7) is 2.77. The number of nitrogens with zero attached hydrogens (tertiary/aromatic N) is 2. The summed E-state index contributed by atoms with van der Waals surface area (Å²) < 4.78 is 0. The van der Waals surface area contributed by atoms with Crippen LogP contribution in [0.2, 0.25) is 0 Å². The largest absolute Gasteiger partial charge is 0.396 e. The molecule has 7 heteroatoms. The number of carbonyl (C=O) groups is 1. The maximum absolute atomic E-state index is 12.0. The van der Waals surface area contributed by atoms with Gasteiger partial charge in [-0.1, -0.05) is 54.6 Å². The van der Waals surface area contributed by atoms with Crippen LogP contribution in [0, 0.1) is 0 Å². The normalized spacial score (nSPS) is 14.9. The average Bonchev–Trinajstić information content (AvgIpc) is 3.17. The van der Waals surface area contributed by atoms with Crippen LogP contribution in [0.15, 0.2) is 59.6 Å². The van der Waals surface area contributed by atoms with Gasteiger partial charge in [0, 0.05) is 45.6 Å². The molecule has 0 aromatic heterocycles. The number of aliphatic imine (C=N–C) groups is 1. The second-order valence-corrected chi connectivity index (χ2v) is 7.28. The van der Waals surface area contributed by atoms with Gasteiger partial charge in [0.15, 0.2) is 5.96 Å². The number of benzene rings is 2. The summed E-state index contributed by atoms with van der Waals surface area (Å²) in [7, 11) is 1.74. The number of carbonyl (C=O) groups excluding carboxylic acids is 1. The molecule has 0 spiro atoms. The third-order valence-corrected chi connectivity index (χ3v) is 5.33. The van der Waals surface area contributed by atoms with E-state index in [9.17, 15) is 9.90 Å². The summed E-state index contributed by atoms with van der Waals surface area (Å²) in [5.74, 6) is 0.927. The van der Waals surface area contributed by atoms with Crippen molar-refractivity contribution in [3.63, 3.8) is 0 Å². The fourth-order valence-electron chi connectivity index (χ4n) is 3.59. The SMILES string of the molecule is CN=C(NCc1ccccc1CN1CCCC1=O)NCC(CO)c1ccccc1.I. The maximum Gasteiger partial charge on any atom is 0.222 e. The molecule has 3 rings (SSSR count). The van der Waals surface area contributed by atoms with Crippen LogP contribution in [0.4, 0.5) is 0 Å². The van der Waals surface area contributed by atoms with Crippen molar-refractivity contribution in [3.05, 3.63) is 71.3 Å². The predicted octanol–water partition coefficient (Wildman–Crippen LogP) is 2.87. The molecule has 2 aromatic carbocycles. The highest BCUT2D eigenvalue weighted by Gasteiger charge is 2.21. The molecular formula is C23H31IN4O2. The summed E-state index contributed by atoms with van der Waals surface area (Å²) in [5.41, 5.74) is 3.40. The molecule has 3 N–H and O–H groups in total. The van der Waals surface area contributed by atoms with E-state index in [4.69, 9.17) is 0 Å². The zero-order chi connectivity index (χ0) is 20.5. The number of rotatable bonds is 8. The van der Waals surface area contributed by atoms with Gasteiger partial charge in [-0.2, -0.15) is 0 Å². The molecule has 1 unspecified atom stereocenters. The van der Waals surface area contributed by atoms with Crippen LogP contribution < -0.4 is 10.6 Å². The number of aliphatic hydroxyl groups excluding tert-OH is 1. The van der Waals surface area contributed by atoms with Crippen molar-refractivity contribution >= 4 is 35.8 Å². The zero-order valence-electron chi connectivity index (χ0n) is 17.4. The van der Waals surface area contributed by atoms with Crippen LogP contribution in [0.3, 0.4) is 0 Å². The quantitative estimate of drug-likeness (QED) is 0.283. The van der Waals surface area contributed by atoms with Crippen molar-refractivity contribution < 1.29 is 9.90 Å². The molecule has 2 aromatic rings. The molecule has 1 saturated heterocycles. The number of halogens is 1. The van der Waals surface area contributed by atoms with Gasteiger partial charge in [0.2, 0.25) is 5.91 Å². The molecule has 30 heavy (non-hydrogen) atoms. The number of hydrogen-bond donors (Lipinski definition) is 3. The monoisotopic (exact) mass is 522 g/mol. The third-order valence-electron chi connectivity index (χ3n) is 5.33. The number of nitrogens with one attached hydrogen (secondary N) is 2. The lowest BCUT2D eigenvalue weighted by Crippen LogP contribution is -2.39. The van der Waals surface area contributed by atoms with Crippen LogP contribution in [0.1, 0.15) is 35.4 Å². The lowest BCUT2D eigenvalue weighted by molar-refractivity contribution is -0.128. The van der Waals surface area contributed by atoms with Gasteiger partial charge < -0.3 is 20.6 Å². The van der Waals surface area contributed by atoms with Gasteiger partial charge in [0.05, 0.1) is 6.61 Å². The molecule has 1 aliphatic rings. The van der Waals surface area contributed by atoms with Crippen LogP contribution in [0.25, 0.3) is 0 Å². The van der Waals surface area contributed by atoms with Gasteiger partial charge >= 0.3 is 0 Å². The summed E-state index contributed by atoms with van der Waals surface area (Å²) in [6.07, 6.45) is 1.60. The summed E-state index contributed by atoms with van der Waals surface area (Å²) in [4.78, 5) is 18.2. The maximum atomic E-state index is 12.0. The van der Waals surface area contributed by atoms with Gasteiger partial charge in [0.25, 0.3) is 0 Å². The smallest absolute Gasteiger partial charge is 0.222 e. The van der Waals surface area contributed by atoms with Crippen LogP contribution in [-0.4, -0.2) is 48.6 Å². The minimum absolute atomic E-state index is 0. The first-order valence-electron chi connectivity index (χ1n) is 10.2. The first-order chi connectivity index (χ1) is 14.2. The zero-order valence-corrected chi connectivity index (χ0v) is 19.7. The van der Waals surface area contributed by atoms with Gasteiger partial charge in [-0.3, -0.25) is 9.79 Å².